The molecule has 0 spiro atoms. The summed E-state index contributed by atoms with van der Waals surface area (Å²) >= 11 is 0. The maximum absolute atomic E-state index is 12.2. The molecule has 2 rings (SSSR count). The normalized spacial score (nSPS) is 13.1. The summed E-state index contributed by atoms with van der Waals surface area (Å²) in [6, 6.07) is 17.2. The van der Waals surface area contributed by atoms with Gasteiger partial charge in [-0.05, 0) is 17.7 Å². The molecule has 2 aromatic carbocycles. The number of hydrogen-bond donors (Lipinski definition) is 3. The molecule has 1 atom stereocenters. The molecule has 0 aromatic heterocycles. The third kappa shape index (κ3) is 3.51. The Kier molecular flexibility index (Phi) is 4.91. The van der Waals surface area contributed by atoms with Gasteiger partial charge in [0.05, 0.1) is 6.61 Å². The highest BCUT2D eigenvalue weighted by molar-refractivity contribution is 5.98. The smallest absolute Gasteiger partial charge is 0.332 e. The first kappa shape index (κ1) is 15.7. The zero-order valence-corrected chi connectivity index (χ0v) is 11.9. The Bertz CT molecular complexity index is 642. The molecule has 0 aliphatic rings. The van der Waals surface area contributed by atoms with Gasteiger partial charge >= 0.3 is 5.97 Å². The Morgan fingerprint density at radius 2 is 1.50 bits per heavy atom. The molecule has 22 heavy (non-hydrogen) atoms. The molecule has 2 aromatic rings. The molecule has 1 amide bonds. The Labute approximate surface area is 128 Å². The Morgan fingerprint density at radius 1 is 0.955 bits per heavy atom. The minimum Gasteiger partial charge on any atom is -0.479 e. The summed E-state index contributed by atoms with van der Waals surface area (Å²) in [6.45, 7) is -0.699. The van der Waals surface area contributed by atoms with Crippen molar-refractivity contribution in [1.82, 2.24) is 5.32 Å². The van der Waals surface area contributed by atoms with E-state index in [1.54, 1.807) is 54.6 Å². The molecule has 0 radical (unpaired) electrons. The third-order valence-corrected chi connectivity index (χ3v) is 3.42. The lowest BCUT2D eigenvalue weighted by Crippen LogP contribution is -2.58. The van der Waals surface area contributed by atoms with Crippen LogP contribution in [0.1, 0.15) is 15.9 Å². The van der Waals surface area contributed by atoms with E-state index in [9.17, 15) is 19.8 Å². The largest absolute Gasteiger partial charge is 0.479 e. The van der Waals surface area contributed by atoms with Crippen LogP contribution in [0.25, 0.3) is 0 Å². The summed E-state index contributed by atoms with van der Waals surface area (Å²) in [7, 11) is 0. The minimum atomic E-state index is -1.76. The van der Waals surface area contributed by atoms with Gasteiger partial charge < -0.3 is 15.5 Å². The fraction of sp³-hybridized carbons (Fsp3) is 0.176. The van der Waals surface area contributed by atoms with Crippen LogP contribution in [0.3, 0.4) is 0 Å². The number of carboxylic acid groups (broad SMARTS) is 1. The molecule has 5 nitrogen and oxygen atoms in total. The number of benzene rings is 2. The van der Waals surface area contributed by atoms with Crippen LogP contribution in [-0.2, 0) is 11.2 Å². The summed E-state index contributed by atoms with van der Waals surface area (Å²) in [5.74, 6) is -1.81. The van der Waals surface area contributed by atoms with Gasteiger partial charge in [-0.3, -0.25) is 4.79 Å². The highest BCUT2D eigenvalue weighted by Crippen LogP contribution is 2.15. The number of amides is 1. The van der Waals surface area contributed by atoms with E-state index in [-0.39, 0.29) is 6.42 Å². The van der Waals surface area contributed by atoms with Crippen molar-refractivity contribution >= 4 is 11.9 Å². The zero-order chi connectivity index (χ0) is 16.0. The molecule has 0 fully saturated rings. The van der Waals surface area contributed by atoms with Crippen LogP contribution in [0.2, 0.25) is 0 Å². The fourth-order valence-electron chi connectivity index (χ4n) is 2.16. The maximum Gasteiger partial charge on any atom is 0.332 e. The first-order valence-corrected chi connectivity index (χ1v) is 6.83. The van der Waals surface area contributed by atoms with Crippen LogP contribution in [-0.4, -0.2) is 34.2 Å². The van der Waals surface area contributed by atoms with Crippen LogP contribution in [0.5, 0.6) is 0 Å². The van der Waals surface area contributed by atoms with E-state index < -0.39 is 24.0 Å². The van der Waals surface area contributed by atoms with Crippen molar-refractivity contribution in [2.45, 2.75) is 12.0 Å². The van der Waals surface area contributed by atoms with Crippen molar-refractivity contribution in [3.05, 3.63) is 71.8 Å². The zero-order valence-electron chi connectivity index (χ0n) is 11.9. The molecule has 0 heterocycles. The van der Waals surface area contributed by atoms with Gasteiger partial charge in [-0.2, -0.15) is 0 Å². The fourth-order valence-corrected chi connectivity index (χ4v) is 2.16. The molecular formula is C17H17NO4. The second kappa shape index (κ2) is 6.87. The van der Waals surface area contributed by atoms with E-state index in [0.29, 0.717) is 11.1 Å². The first-order valence-electron chi connectivity index (χ1n) is 6.83. The van der Waals surface area contributed by atoms with Gasteiger partial charge in [0.15, 0.2) is 5.54 Å². The number of hydrogen-bond acceptors (Lipinski definition) is 3. The monoisotopic (exact) mass is 299 g/mol. The molecule has 0 aliphatic carbocycles. The van der Waals surface area contributed by atoms with E-state index in [4.69, 9.17) is 0 Å². The molecule has 0 saturated heterocycles. The summed E-state index contributed by atoms with van der Waals surface area (Å²) in [6.07, 6.45) is -0.00174. The standard InChI is InChI=1S/C17H17NO4/c19-12-17(16(21)22,11-13-7-3-1-4-8-13)18-15(20)14-9-5-2-6-10-14/h1-10,19H,11-12H2,(H,18,20)(H,21,22)/t17-/m0/s1. The lowest BCUT2D eigenvalue weighted by molar-refractivity contribution is -0.146. The van der Waals surface area contributed by atoms with Crippen molar-refractivity contribution in [1.29, 1.82) is 0 Å². The van der Waals surface area contributed by atoms with Gasteiger partial charge in [-0.15, -0.1) is 0 Å². The predicted molar refractivity (Wildman–Crippen MR) is 81.5 cm³/mol. The van der Waals surface area contributed by atoms with E-state index >= 15 is 0 Å². The molecule has 0 unspecified atom stereocenters. The quantitative estimate of drug-likeness (QED) is 0.754. The van der Waals surface area contributed by atoms with Crippen LogP contribution >= 0.6 is 0 Å². The van der Waals surface area contributed by atoms with Gasteiger partial charge in [0.2, 0.25) is 0 Å². The molecular weight excluding hydrogens is 282 g/mol. The number of aliphatic hydroxyl groups excluding tert-OH is 1. The SMILES string of the molecule is O=C(N[C@](CO)(Cc1ccccc1)C(=O)O)c1ccccc1. The van der Waals surface area contributed by atoms with Crippen molar-refractivity contribution in [3.63, 3.8) is 0 Å². The first-order chi connectivity index (χ1) is 10.6. The van der Waals surface area contributed by atoms with E-state index in [1.165, 1.54) is 0 Å². The highest BCUT2D eigenvalue weighted by atomic mass is 16.4. The molecule has 3 N–H and O–H groups in total. The summed E-state index contributed by atoms with van der Waals surface area (Å²) in [4.78, 5) is 23.9. The molecule has 0 aliphatic heterocycles. The van der Waals surface area contributed by atoms with Crippen molar-refractivity contribution in [2.75, 3.05) is 6.61 Å². The number of rotatable bonds is 6. The molecule has 0 saturated carbocycles. The highest BCUT2D eigenvalue weighted by Gasteiger charge is 2.40. The van der Waals surface area contributed by atoms with Crippen LogP contribution in [0.15, 0.2) is 60.7 Å². The second-order valence-electron chi connectivity index (χ2n) is 5.03. The predicted octanol–water partition coefficient (Wildman–Crippen LogP) is 1.47. The van der Waals surface area contributed by atoms with E-state index in [1.807, 2.05) is 6.07 Å². The van der Waals surface area contributed by atoms with Crippen LogP contribution in [0, 0.1) is 0 Å². The number of nitrogens with one attached hydrogen (secondary N) is 1. The van der Waals surface area contributed by atoms with Crippen molar-refractivity contribution in [3.8, 4) is 0 Å². The minimum absolute atomic E-state index is 0.00174. The van der Waals surface area contributed by atoms with Gasteiger partial charge in [-0.1, -0.05) is 48.5 Å². The number of carboxylic acids is 1. The topological polar surface area (TPSA) is 86.6 Å². The van der Waals surface area contributed by atoms with Crippen molar-refractivity contribution < 1.29 is 19.8 Å². The second-order valence-corrected chi connectivity index (χ2v) is 5.03. The maximum atomic E-state index is 12.2. The average molecular weight is 299 g/mol. The van der Waals surface area contributed by atoms with Gasteiger partial charge in [0.25, 0.3) is 5.91 Å². The van der Waals surface area contributed by atoms with Gasteiger partial charge in [-0.25, -0.2) is 4.79 Å². The van der Waals surface area contributed by atoms with E-state index in [0.717, 1.165) is 0 Å². The lowest BCUT2D eigenvalue weighted by atomic mass is 9.91. The lowest BCUT2D eigenvalue weighted by Gasteiger charge is -2.28. The van der Waals surface area contributed by atoms with Gasteiger partial charge in [0, 0.05) is 12.0 Å². The Hall–Kier alpha value is -2.66. The average Bonchev–Trinajstić information content (AvgIpc) is 2.55. The molecule has 0 bridgehead atoms. The number of aliphatic carboxylic acids is 1. The summed E-state index contributed by atoms with van der Waals surface area (Å²) in [5.41, 5.74) is -0.698. The van der Waals surface area contributed by atoms with Crippen molar-refractivity contribution in [2.24, 2.45) is 0 Å². The summed E-state index contributed by atoms with van der Waals surface area (Å²) < 4.78 is 0. The Morgan fingerprint density at radius 3 is 2.00 bits per heavy atom. The van der Waals surface area contributed by atoms with E-state index in [2.05, 4.69) is 5.32 Å². The van der Waals surface area contributed by atoms with Crippen LogP contribution < -0.4 is 5.32 Å². The summed E-state index contributed by atoms with van der Waals surface area (Å²) in [5, 5.41) is 21.6. The number of carbonyl (C=O) groups is 2. The Balaban J connectivity index is 2.26. The van der Waals surface area contributed by atoms with Crippen LogP contribution in [0.4, 0.5) is 0 Å². The third-order valence-electron chi connectivity index (χ3n) is 3.42. The molecule has 114 valence electrons. The molecule has 5 heteroatoms. The number of aliphatic hydroxyl groups is 1. The van der Waals surface area contributed by atoms with Gasteiger partial charge in [0.1, 0.15) is 0 Å². The number of carbonyl (C=O) groups excluding carboxylic acids is 1.